The minimum absolute atomic E-state index is 0.0620. The van der Waals surface area contributed by atoms with Crippen molar-refractivity contribution in [2.24, 2.45) is 0 Å². The smallest absolute Gasteiger partial charge is 0.333 e. The topological polar surface area (TPSA) is 107 Å². The Balaban J connectivity index is 2.44. The fraction of sp³-hybridized carbons (Fsp3) is 0.667. The molecule has 0 aromatic rings. The average molecular weight is 511 g/mol. The van der Waals surface area contributed by atoms with Crippen LogP contribution >= 0.6 is 0 Å². The van der Waals surface area contributed by atoms with E-state index in [1.54, 1.807) is 20.8 Å². The van der Waals surface area contributed by atoms with E-state index in [2.05, 4.69) is 19.7 Å². The molecule has 0 unspecified atom stereocenters. The van der Waals surface area contributed by atoms with Gasteiger partial charge < -0.3 is 28.4 Å². The zero-order valence-corrected chi connectivity index (χ0v) is 22.0. The van der Waals surface area contributed by atoms with Crippen LogP contribution < -0.4 is 0 Å². The van der Waals surface area contributed by atoms with E-state index in [1.165, 1.54) is 0 Å². The molecular formula is C27H42O9. The van der Waals surface area contributed by atoms with Gasteiger partial charge in [0.25, 0.3) is 0 Å². The maximum Gasteiger partial charge on any atom is 0.333 e. The van der Waals surface area contributed by atoms with Gasteiger partial charge in [0.15, 0.2) is 0 Å². The first-order chi connectivity index (χ1) is 17.1. The highest BCUT2D eigenvalue weighted by Gasteiger charge is 2.30. The molecule has 1 rings (SSSR count). The molecule has 0 aromatic carbocycles. The summed E-state index contributed by atoms with van der Waals surface area (Å²) in [5.41, 5.74) is 1.10. The van der Waals surface area contributed by atoms with Gasteiger partial charge in [-0.1, -0.05) is 19.7 Å². The van der Waals surface area contributed by atoms with Gasteiger partial charge in [0.05, 0.1) is 58.0 Å². The van der Waals surface area contributed by atoms with Crippen LogP contribution in [0.4, 0.5) is 0 Å². The van der Waals surface area contributed by atoms with Gasteiger partial charge in [-0.15, -0.1) is 0 Å². The van der Waals surface area contributed by atoms with Crippen molar-refractivity contribution in [1.29, 1.82) is 0 Å². The largest absolute Gasteiger partial charge is 0.462 e. The zero-order valence-electron chi connectivity index (χ0n) is 22.0. The summed E-state index contributed by atoms with van der Waals surface area (Å²) in [7, 11) is 0. The Bertz CT molecular complexity index is 652. The molecule has 1 saturated carbocycles. The molecule has 1 fully saturated rings. The van der Waals surface area contributed by atoms with E-state index in [9.17, 15) is 14.4 Å². The fourth-order valence-corrected chi connectivity index (χ4v) is 3.37. The van der Waals surface area contributed by atoms with Gasteiger partial charge in [0.1, 0.15) is 0 Å². The Morgan fingerprint density at radius 3 is 1.00 bits per heavy atom. The molecule has 0 radical (unpaired) electrons. The summed E-state index contributed by atoms with van der Waals surface area (Å²) in [5.74, 6) is -1.22. The van der Waals surface area contributed by atoms with Crippen LogP contribution in [0.1, 0.15) is 59.3 Å². The SMILES string of the molecule is C=C(C)C(=O)OCCCOC1CC(OCCCOC(=O)C(=C)C)CC(OCCCOC(=O)C(=C)C)C1. The lowest BCUT2D eigenvalue weighted by Gasteiger charge is -2.34. The summed E-state index contributed by atoms with van der Waals surface area (Å²) < 4.78 is 33.4. The van der Waals surface area contributed by atoms with Crippen molar-refractivity contribution in [2.45, 2.75) is 77.6 Å². The normalized spacial score (nSPS) is 19.2. The van der Waals surface area contributed by atoms with E-state index in [4.69, 9.17) is 28.4 Å². The summed E-state index contributed by atoms with van der Waals surface area (Å²) in [4.78, 5) is 34.4. The maximum atomic E-state index is 11.5. The number of ether oxygens (including phenoxy) is 6. The number of rotatable bonds is 18. The molecule has 0 amide bonds. The van der Waals surface area contributed by atoms with Crippen molar-refractivity contribution in [3.8, 4) is 0 Å². The van der Waals surface area contributed by atoms with Crippen LogP contribution in [0.5, 0.6) is 0 Å². The molecule has 0 heterocycles. The van der Waals surface area contributed by atoms with Crippen LogP contribution in [0.3, 0.4) is 0 Å². The van der Waals surface area contributed by atoms with Crippen molar-refractivity contribution >= 4 is 17.9 Å². The van der Waals surface area contributed by atoms with Crippen LogP contribution in [0, 0.1) is 0 Å². The van der Waals surface area contributed by atoms with E-state index < -0.39 is 17.9 Å². The third-order valence-corrected chi connectivity index (χ3v) is 5.25. The Morgan fingerprint density at radius 1 is 0.528 bits per heavy atom. The Labute approximate surface area is 214 Å². The van der Waals surface area contributed by atoms with Gasteiger partial charge in [-0.2, -0.15) is 0 Å². The number of carbonyl (C=O) groups is 3. The summed E-state index contributed by atoms with van der Waals surface area (Å²) in [6.45, 7) is 17.6. The Morgan fingerprint density at radius 2 is 0.778 bits per heavy atom. The molecule has 1 aliphatic rings. The standard InChI is InChI=1S/C27H42O9/c1-19(2)25(28)34-13-7-10-31-22-16-23(32-11-8-14-35-26(29)20(3)4)18-24(17-22)33-12-9-15-36-27(30)21(5)6/h22-24H,1,3,5,7-18H2,2,4,6H3. The zero-order chi connectivity index (χ0) is 26.9. The fourth-order valence-electron chi connectivity index (χ4n) is 3.37. The lowest BCUT2D eigenvalue weighted by atomic mass is 9.92. The van der Waals surface area contributed by atoms with E-state index in [1.807, 2.05) is 0 Å². The average Bonchev–Trinajstić information content (AvgIpc) is 2.82. The lowest BCUT2D eigenvalue weighted by Crippen LogP contribution is -2.38. The first-order valence-corrected chi connectivity index (χ1v) is 12.4. The van der Waals surface area contributed by atoms with Crippen molar-refractivity contribution in [2.75, 3.05) is 39.6 Å². The second-order valence-corrected chi connectivity index (χ2v) is 8.99. The third-order valence-electron chi connectivity index (χ3n) is 5.25. The van der Waals surface area contributed by atoms with Gasteiger partial charge in [0.2, 0.25) is 0 Å². The van der Waals surface area contributed by atoms with E-state index in [0.29, 0.717) is 75.1 Å². The van der Waals surface area contributed by atoms with Crippen molar-refractivity contribution in [3.05, 3.63) is 36.5 Å². The number of esters is 3. The molecule has 204 valence electrons. The minimum Gasteiger partial charge on any atom is -0.462 e. The molecule has 0 atom stereocenters. The van der Waals surface area contributed by atoms with Crippen LogP contribution in [0.15, 0.2) is 36.5 Å². The third kappa shape index (κ3) is 14.2. The van der Waals surface area contributed by atoms with E-state index in [-0.39, 0.29) is 38.1 Å². The molecule has 9 nitrogen and oxygen atoms in total. The molecule has 0 N–H and O–H groups in total. The molecular weight excluding hydrogens is 468 g/mol. The molecule has 0 aromatic heterocycles. The van der Waals surface area contributed by atoms with Gasteiger partial charge in [-0.3, -0.25) is 0 Å². The van der Waals surface area contributed by atoms with Crippen molar-refractivity contribution in [3.63, 3.8) is 0 Å². The quantitative estimate of drug-likeness (QED) is 0.118. The maximum absolute atomic E-state index is 11.5. The van der Waals surface area contributed by atoms with Crippen molar-refractivity contribution in [1.82, 2.24) is 0 Å². The highest BCUT2D eigenvalue weighted by atomic mass is 16.5. The first kappa shape index (κ1) is 31.5. The highest BCUT2D eigenvalue weighted by molar-refractivity contribution is 5.87. The number of carbonyl (C=O) groups excluding carboxylic acids is 3. The lowest BCUT2D eigenvalue weighted by molar-refractivity contribution is -0.140. The van der Waals surface area contributed by atoms with Gasteiger partial charge >= 0.3 is 17.9 Å². The van der Waals surface area contributed by atoms with Gasteiger partial charge in [-0.25, -0.2) is 14.4 Å². The second-order valence-electron chi connectivity index (χ2n) is 8.99. The molecule has 0 saturated heterocycles. The Kier molecular flexibility index (Phi) is 15.6. The second kappa shape index (κ2) is 17.9. The predicted molar refractivity (Wildman–Crippen MR) is 134 cm³/mol. The van der Waals surface area contributed by atoms with Crippen LogP contribution in [0.2, 0.25) is 0 Å². The molecule has 1 aliphatic carbocycles. The monoisotopic (exact) mass is 510 g/mol. The summed E-state index contributed by atoms with van der Waals surface area (Å²) in [5, 5.41) is 0. The van der Waals surface area contributed by atoms with Crippen LogP contribution in [-0.4, -0.2) is 75.9 Å². The summed E-state index contributed by atoms with van der Waals surface area (Å²) in [6, 6.07) is 0. The molecule has 0 aliphatic heterocycles. The first-order valence-electron chi connectivity index (χ1n) is 12.4. The molecule has 0 bridgehead atoms. The van der Waals surface area contributed by atoms with Crippen LogP contribution in [0.25, 0.3) is 0 Å². The number of hydrogen-bond donors (Lipinski definition) is 0. The van der Waals surface area contributed by atoms with E-state index in [0.717, 1.165) is 0 Å². The van der Waals surface area contributed by atoms with Gasteiger partial charge in [0, 0.05) is 36.0 Å². The highest BCUT2D eigenvalue weighted by Crippen LogP contribution is 2.27. The molecule has 9 heteroatoms. The summed E-state index contributed by atoms with van der Waals surface area (Å²) in [6.07, 6.45) is 3.69. The van der Waals surface area contributed by atoms with Crippen LogP contribution in [-0.2, 0) is 42.8 Å². The van der Waals surface area contributed by atoms with Gasteiger partial charge in [-0.05, 0) is 40.0 Å². The predicted octanol–water partition coefficient (Wildman–Crippen LogP) is 3.85. The molecule has 36 heavy (non-hydrogen) atoms. The number of hydrogen-bond acceptors (Lipinski definition) is 9. The summed E-state index contributed by atoms with van der Waals surface area (Å²) >= 11 is 0. The van der Waals surface area contributed by atoms with E-state index >= 15 is 0 Å². The Hall–Kier alpha value is -2.49. The minimum atomic E-state index is -0.405. The molecule has 0 spiro atoms. The van der Waals surface area contributed by atoms with Crippen molar-refractivity contribution < 1.29 is 42.8 Å².